The molecular weight excluding hydrogens is 355 g/mol. The minimum Gasteiger partial charge on any atom is -0.497 e. The molecule has 3 rings (SSSR count). The predicted molar refractivity (Wildman–Crippen MR) is 109 cm³/mol. The number of anilines is 1. The van der Waals surface area contributed by atoms with Crippen LogP contribution in [0.3, 0.4) is 0 Å². The summed E-state index contributed by atoms with van der Waals surface area (Å²) in [5.74, 6) is 0.258. The smallest absolute Gasteiger partial charge is 0.246 e. The maximum atomic E-state index is 13.1. The second-order valence-electron chi connectivity index (χ2n) is 6.58. The fraction of sp³-hybridized carbons (Fsp3) is 0.174. The molecule has 144 valence electrons. The standard InChI is InChI=1S/C23H23FN2O2/c1-26(16-17-7-6-10-21(15-17)28-2)22(18-8-4-3-5-9-18)23(27)25-20-13-11-19(24)12-14-20/h3-15,22H,16H2,1-2H3,(H,25,27). The monoisotopic (exact) mass is 378 g/mol. The van der Waals surface area contributed by atoms with Gasteiger partial charge in [-0.2, -0.15) is 0 Å². The molecule has 0 aliphatic carbocycles. The van der Waals surface area contributed by atoms with Gasteiger partial charge in [-0.1, -0.05) is 42.5 Å². The van der Waals surface area contributed by atoms with Gasteiger partial charge in [-0.25, -0.2) is 4.39 Å². The molecule has 5 heteroatoms. The van der Waals surface area contributed by atoms with Crippen molar-refractivity contribution in [3.05, 3.63) is 95.8 Å². The molecule has 0 saturated carbocycles. The Labute approximate surface area is 164 Å². The first kappa shape index (κ1) is 19.6. The molecule has 4 nitrogen and oxygen atoms in total. The lowest BCUT2D eigenvalue weighted by atomic mass is 10.0. The summed E-state index contributed by atoms with van der Waals surface area (Å²) in [6.45, 7) is 0.563. The summed E-state index contributed by atoms with van der Waals surface area (Å²) in [4.78, 5) is 15.1. The molecule has 0 aliphatic heterocycles. The van der Waals surface area contributed by atoms with Gasteiger partial charge in [0.15, 0.2) is 0 Å². The normalized spacial score (nSPS) is 11.9. The minimum absolute atomic E-state index is 0.178. The lowest BCUT2D eigenvalue weighted by Crippen LogP contribution is -2.34. The Bertz CT molecular complexity index is 913. The van der Waals surface area contributed by atoms with Crippen LogP contribution in [0.25, 0.3) is 0 Å². The van der Waals surface area contributed by atoms with Gasteiger partial charge in [0.2, 0.25) is 5.91 Å². The first-order valence-corrected chi connectivity index (χ1v) is 9.01. The van der Waals surface area contributed by atoms with Crippen LogP contribution >= 0.6 is 0 Å². The number of carbonyl (C=O) groups is 1. The maximum absolute atomic E-state index is 13.1. The second kappa shape index (κ2) is 9.15. The largest absolute Gasteiger partial charge is 0.497 e. The number of carbonyl (C=O) groups excluding carboxylic acids is 1. The third kappa shape index (κ3) is 4.96. The van der Waals surface area contributed by atoms with Crippen molar-refractivity contribution in [1.29, 1.82) is 0 Å². The van der Waals surface area contributed by atoms with Gasteiger partial charge >= 0.3 is 0 Å². The summed E-state index contributed by atoms with van der Waals surface area (Å²) < 4.78 is 18.4. The van der Waals surface area contributed by atoms with Crippen LogP contribution in [0.1, 0.15) is 17.2 Å². The van der Waals surface area contributed by atoms with Gasteiger partial charge in [0, 0.05) is 12.2 Å². The Morgan fingerprint density at radius 3 is 2.43 bits per heavy atom. The molecule has 3 aromatic rings. The summed E-state index contributed by atoms with van der Waals surface area (Å²) in [5, 5.41) is 2.88. The van der Waals surface area contributed by atoms with E-state index in [0.29, 0.717) is 12.2 Å². The number of likely N-dealkylation sites (N-methyl/N-ethyl adjacent to an activating group) is 1. The molecule has 1 unspecified atom stereocenters. The van der Waals surface area contributed by atoms with E-state index in [2.05, 4.69) is 5.32 Å². The molecule has 0 spiro atoms. The van der Waals surface area contributed by atoms with Crippen LogP contribution in [0, 0.1) is 5.82 Å². The summed E-state index contributed by atoms with van der Waals surface area (Å²) in [7, 11) is 3.53. The van der Waals surface area contributed by atoms with Crippen molar-refractivity contribution in [3.8, 4) is 5.75 Å². The number of nitrogens with zero attached hydrogens (tertiary/aromatic N) is 1. The van der Waals surface area contributed by atoms with Crippen LogP contribution in [-0.4, -0.2) is 25.0 Å². The zero-order valence-corrected chi connectivity index (χ0v) is 15.9. The van der Waals surface area contributed by atoms with Crippen molar-refractivity contribution in [2.24, 2.45) is 0 Å². The molecule has 0 bridgehead atoms. The molecule has 3 aromatic carbocycles. The van der Waals surface area contributed by atoms with Gasteiger partial charge in [0.25, 0.3) is 0 Å². The van der Waals surface area contributed by atoms with Gasteiger partial charge in [-0.15, -0.1) is 0 Å². The lowest BCUT2D eigenvalue weighted by Gasteiger charge is -2.28. The average molecular weight is 378 g/mol. The topological polar surface area (TPSA) is 41.6 Å². The van der Waals surface area contributed by atoms with Gasteiger partial charge in [-0.05, 0) is 54.6 Å². The number of ether oxygens (including phenoxy) is 1. The Balaban J connectivity index is 1.83. The Morgan fingerprint density at radius 1 is 1.04 bits per heavy atom. The highest BCUT2D eigenvalue weighted by Crippen LogP contribution is 2.24. The Kier molecular flexibility index (Phi) is 6.40. The van der Waals surface area contributed by atoms with Crippen LogP contribution in [0.2, 0.25) is 0 Å². The Morgan fingerprint density at radius 2 is 1.75 bits per heavy atom. The third-order valence-corrected chi connectivity index (χ3v) is 4.48. The van der Waals surface area contributed by atoms with E-state index < -0.39 is 6.04 Å². The summed E-state index contributed by atoms with van der Waals surface area (Å²) in [6.07, 6.45) is 0. The number of hydrogen-bond acceptors (Lipinski definition) is 3. The molecule has 0 saturated heterocycles. The highest BCUT2D eigenvalue weighted by atomic mass is 19.1. The van der Waals surface area contributed by atoms with Crippen LogP contribution in [-0.2, 0) is 11.3 Å². The van der Waals surface area contributed by atoms with E-state index in [1.807, 2.05) is 66.5 Å². The number of halogens is 1. The van der Waals surface area contributed by atoms with E-state index in [9.17, 15) is 9.18 Å². The lowest BCUT2D eigenvalue weighted by molar-refractivity contribution is -0.121. The molecule has 0 radical (unpaired) electrons. The van der Waals surface area contributed by atoms with Crippen LogP contribution < -0.4 is 10.1 Å². The molecule has 0 aliphatic rings. The number of methoxy groups -OCH3 is 1. The van der Waals surface area contributed by atoms with E-state index in [4.69, 9.17) is 4.74 Å². The number of nitrogens with one attached hydrogen (secondary N) is 1. The van der Waals surface area contributed by atoms with Crippen molar-refractivity contribution in [2.75, 3.05) is 19.5 Å². The number of hydrogen-bond donors (Lipinski definition) is 1. The summed E-state index contributed by atoms with van der Waals surface area (Å²) in [6, 6.07) is 22.6. The fourth-order valence-electron chi connectivity index (χ4n) is 3.14. The van der Waals surface area contributed by atoms with Gasteiger partial charge < -0.3 is 10.1 Å². The molecule has 0 fully saturated rings. The molecule has 0 heterocycles. The Hall–Kier alpha value is -3.18. The quantitative estimate of drug-likeness (QED) is 0.651. The van der Waals surface area contributed by atoms with Crippen LogP contribution in [0.5, 0.6) is 5.75 Å². The highest BCUT2D eigenvalue weighted by molar-refractivity contribution is 5.95. The van der Waals surface area contributed by atoms with Crippen molar-refractivity contribution >= 4 is 11.6 Å². The molecule has 1 amide bonds. The second-order valence-corrected chi connectivity index (χ2v) is 6.58. The van der Waals surface area contributed by atoms with Gasteiger partial charge in [-0.3, -0.25) is 9.69 Å². The van der Waals surface area contributed by atoms with E-state index in [1.54, 1.807) is 19.2 Å². The molecule has 28 heavy (non-hydrogen) atoms. The first-order chi connectivity index (χ1) is 13.6. The highest BCUT2D eigenvalue weighted by Gasteiger charge is 2.25. The fourth-order valence-corrected chi connectivity index (χ4v) is 3.14. The first-order valence-electron chi connectivity index (χ1n) is 9.01. The van der Waals surface area contributed by atoms with E-state index in [-0.39, 0.29) is 11.7 Å². The summed E-state index contributed by atoms with van der Waals surface area (Å²) >= 11 is 0. The van der Waals surface area contributed by atoms with Crippen LogP contribution in [0.4, 0.5) is 10.1 Å². The van der Waals surface area contributed by atoms with Crippen molar-refractivity contribution in [3.63, 3.8) is 0 Å². The van der Waals surface area contributed by atoms with Gasteiger partial charge in [0.1, 0.15) is 17.6 Å². The van der Waals surface area contributed by atoms with Crippen molar-refractivity contribution < 1.29 is 13.9 Å². The zero-order valence-electron chi connectivity index (χ0n) is 15.9. The average Bonchev–Trinajstić information content (AvgIpc) is 2.71. The number of rotatable bonds is 7. The third-order valence-electron chi connectivity index (χ3n) is 4.48. The van der Waals surface area contributed by atoms with Crippen molar-refractivity contribution in [2.45, 2.75) is 12.6 Å². The van der Waals surface area contributed by atoms with E-state index in [1.165, 1.54) is 12.1 Å². The van der Waals surface area contributed by atoms with E-state index >= 15 is 0 Å². The molecule has 1 N–H and O–H groups in total. The number of amides is 1. The molecule has 0 aromatic heterocycles. The zero-order chi connectivity index (χ0) is 19.9. The minimum atomic E-state index is -0.502. The SMILES string of the molecule is COc1cccc(CN(C)C(C(=O)Nc2ccc(F)cc2)c2ccccc2)c1. The molecular formula is C23H23FN2O2. The van der Waals surface area contributed by atoms with E-state index in [0.717, 1.165) is 16.9 Å². The van der Waals surface area contributed by atoms with Gasteiger partial charge in [0.05, 0.1) is 7.11 Å². The summed E-state index contributed by atoms with van der Waals surface area (Å²) in [5.41, 5.74) is 2.48. The predicted octanol–water partition coefficient (Wildman–Crippen LogP) is 4.65. The maximum Gasteiger partial charge on any atom is 0.246 e. The molecule has 1 atom stereocenters. The van der Waals surface area contributed by atoms with Crippen LogP contribution in [0.15, 0.2) is 78.9 Å². The van der Waals surface area contributed by atoms with Crippen molar-refractivity contribution in [1.82, 2.24) is 4.90 Å². The number of benzene rings is 3.